The first-order valence-corrected chi connectivity index (χ1v) is 6.73. The molecule has 2 aromatic carbocycles. The van der Waals surface area contributed by atoms with Crippen molar-refractivity contribution in [3.63, 3.8) is 0 Å². The fourth-order valence-electron chi connectivity index (χ4n) is 1.88. The molecule has 0 aromatic heterocycles. The summed E-state index contributed by atoms with van der Waals surface area (Å²) in [5.41, 5.74) is -0.199. The summed E-state index contributed by atoms with van der Waals surface area (Å²) in [4.78, 5) is 32.1. The molecule has 24 heavy (non-hydrogen) atoms. The van der Waals surface area contributed by atoms with Crippen molar-refractivity contribution in [1.82, 2.24) is 0 Å². The van der Waals surface area contributed by atoms with Crippen LogP contribution in [0.3, 0.4) is 0 Å². The molecule has 0 aliphatic rings. The normalized spacial score (nSPS) is 10.0. The molecule has 0 spiro atoms. The molecule has 0 saturated heterocycles. The lowest BCUT2D eigenvalue weighted by Crippen LogP contribution is -2.15. The third kappa shape index (κ3) is 4.26. The zero-order valence-corrected chi connectivity index (χ0v) is 12.3. The van der Waals surface area contributed by atoms with Crippen molar-refractivity contribution in [2.45, 2.75) is 6.61 Å². The Morgan fingerprint density at radius 2 is 1.50 bits per heavy atom. The van der Waals surface area contributed by atoms with Crippen molar-refractivity contribution in [1.29, 1.82) is 0 Å². The van der Waals surface area contributed by atoms with Crippen LogP contribution in [0.25, 0.3) is 0 Å². The highest BCUT2D eigenvalue weighted by molar-refractivity contribution is 5.71. The highest BCUT2D eigenvalue weighted by Gasteiger charge is 2.17. The fourth-order valence-corrected chi connectivity index (χ4v) is 1.88. The molecule has 0 aliphatic carbocycles. The zero-order chi connectivity index (χ0) is 17.5. The van der Waals surface area contributed by atoms with Crippen molar-refractivity contribution in [2.24, 2.45) is 0 Å². The Kier molecular flexibility index (Phi) is 5.40. The Labute approximate surface area is 135 Å². The molecule has 2 rings (SSSR count). The second kappa shape index (κ2) is 7.68. The van der Waals surface area contributed by atoms with Gasteiger partial charge < -0.3 is 9.47 Å². The first kappa shape index (κ1) is 16.9. The SMILES string of the molecule is O=C(COc1ccccc1[N+](=O)[O-])OCc1ccccc1[N+](=O)[O-]. The van der Waals surface area contributed by atoms with Crippen LogP contribution in [0.4, 0.5) is 11.4 Å². The smallest absolute Gasteiger partial charge is 0.344 e. The van der Waals surface area contributed by atoms with Gasteiger partial charge >= 0.3 is 11.7 Å². The van der Waals surface area contributed by atoms with Gasteiger partial charge in [0.05, 0.1) is 15.4 Å². The number of ether oxygens (including phenoxy) is 2. The predicted octanol–water partition coefficient (Wildman–Crippen LogP) is 2.63. The molecule has 0 N–H and O–H groups in total. The molecule has 9 heteroatoms. The van der Waals surface area contributed by atoms with Crippen molar-refractivity contribution in [2.75, 3.05) is 6.61 Å². The quantitative estimate of drug-likeness (QED) is 0.434. The highest BCUT2D eigenvalue weighted by Crippen LogP contribution is 2.25. The van der Waals surface area contributed by atoms with E-state index >= 15 is 0 Å². The van der Waals surface area contributed by atoms with Gasteiger partial charge in [0.1, 0.15) is 6.61 Å². The van der Waals surface area contributed by atoms with E-state index in [1.165, 1.54) is 42.5 Å². The van der Waals surface area contributed by atoms with Crippen LogP contribution >= 0.6 is 0 Å². The number of benzene rings is 2. The summed E-state index contributed by atoms with van der Waals surface area (Å²) in [7, 11) is 0. The van der Waals surface area contributed by atoms with Gasteiger partial charge in [0, 0.05) is 12.1 Å². The first-order chi connectivity index (χ1) is 11.5. The minimum atomic E-state index is -0.800. The van der Waals surface area contributed by atoms with E-state index in [1.807, 2.05) is 0 Å². The topological polar surface area (TPSA) is 122 Å². The van der Waals surface area contributed by atoms with E-state index in [0.29, 0.717) is 0 Å². The molecule has 0 atom stereocenters. The van der Waals surface area contributed by atoms with Gasteiger partial charge in [0.2, 0.25) is 0 Å². The molecule has 0 saturated carbocycles. The van der Waals surface area contributed by atoms with Crippen LogP contribution < -0.4 is 4.74 Å². The van der Waals surface area contributed by atoms with Crippen molar-refractivity contribution in [3.05, 3.63) is 74.3 Å². The number of rotatable bonds is 7. The summed E-state index contributed by atoms with van der Waals surface area (Å²) in [6, 6.07) is 11.4. The van der Waals surface area contributed by atoms with Gasteiger partial charge in [-0.05, 0) is 12.1 Å². The van der Waals surface area contributed by atoms with E-state index in [1.54, 1.807) is 6.07 Å². The number of para-hydroxylation sites is 3. The number of carbonyl (C=O) groups excluding carboxylic acids is 1. The maximum atomic E-state index is 11.7. The highest BCUT2D eigenvalue weighted by atomic mass is 16.6. The van der Waals surface area contributed by atoms with E-state index < -0.39 is 22.4 Å². The van der Waals surface area contributed by atoms with Gasteiger partial charge in [-0.2, -0.15) is 0 Å². The number of hydrogen-bond donors (Lipinski definition) is 0. The standard InChI is InChI=1S/C15H12N2O7/c18-15(10-23-14-8-4-3-7-13(14)17(21)22)24-9-11-5-1-2-6-12(11)16(19)20/h1-8H,9-10H2. The summed E-state index contributed by atoms with van der Waals surface area (Å²) < 4.78 is 9.98. The van der Waals surface area contributed by atoms with Gasteiger partial charge in [-0.1, -0.05) is 24.3 Å². The van der Waals surface area contributed by atoms with E-state index in [-0.39, 0.29) is 29.3 Å². The predicted molar refractivity (Wildman–Crippen MR) is 81.5 cm³/mol. The van der Waals surface area contributed by atoms with Crippen LogP contribution in [0.2, 0.25) is 0 Å². The Morgan fingerprint density at radius 1 is 0.917 bits per heavy atom. The average molecular weight is 332 g/mol. The molecule has 0 amide bonds. The third-order valence-corrected chi connectivity index (χ3v) is 2.98. The molecular weight excluding hydrogens is 320 g/mol. The second-order valence-electron chi connectivity index (χ2n) is 4.56. The van der Waals surface area contributed by atoms with Gasteiger partial charge in [0.15, 0.2) is 12.4 Å². The molecule has 9 nitrogen and oxygen atoms in total. The van der Waals surface area contributed by atoms with E-state index in [4.69, 9.17) is 9.47 Å². The largest absolute Gasteiger partial charge is 0.475 e. The molecular formula is C15H12N2O7. The Morgan fingerprint density at radius 3 is 2.17 bits per heavy atom. The molecule has 0 aliphatic heterocycles. The third-order valence-electron chi connectivity index (χ3n) is 2.98. The molecule has 2 aromatic rings. The lowest BCUT2D eigenvalue weighted by molar-refractivity contribution is -0.385. The Balaban J connectivity index is 1.93. The fraction of sp³-hybridized carbons (Fsp3) is 0.133. The van der Waals surface area contributed by atoms with Gasteiger partial charge in [-0.25, -0.2) is 4.79 Å². The summed E-state index contributed by atoms with van der Waals surface area (Å²) in [5, 5.41) is 21.7. The molecule has 0 heterocycles. The average Bonchev–Trinajstić information content (AvgIpc) is 2.58. The number of carbonyl (C=O) groups is 1. The number of nitro groups is 2. The number of esters is 1. The Hall–Kier alpha value is -3.49. The van der Waals surface area contributed by atoms with Crippen LogP contribution in [-0.2, 0) is 16.1 Å². The molecule has 124 valence electrons. The van der Waals surface area contributed by atoms with Gasteiger partial charge in [-0.15, -0.1) is 0 Å². The van der Waals surface area contributed by atoms with Crippen LogP contribution in [0.15, 0.2) is 48.5 Å². The zero-order valence-electron chi connectivity index (χ0n) is 12.3. The lowest BCUT2D eigenvalue weighted by atomic mass is 10.2. The van der Waals surface area contributed by atoms with E-state index in [0.717, 1.165) is 0 Å². The minimum Gasteiger partial charge on any atom is -0.475 e. The van der Waals surface area contributed by atoms with Crippen LogP contribution in [-0.4, -0.2) is 22.4 Å². The van der Waals surface area contributed by atoms with Crippen LogP contribution in [0.5, 0.6) is 5.75 Å². The number of nitrogens with zero attached hydrogens (tertiary/aromatic N) is 2. The molecule has 0 unspecified atom stereocenters. The van der Waals surface area contributed by atoms with E-state index in [9.17, 15) is 25.0 Å². The monoisotopic (exact) mass is 332 g/mol. The second-order valence-corrected chi connectivity index (χ2v) is 4.56. The minimum absolute atomic E-state index is 0.0647. The van der Waals surface area contributed by atoms with Crippen LogP contribution in [0.1, 0.15) is 5.56 Å². The van der Waals surface area contributed by atoms with Gasteiger partial charge in [0.25, 0.3) is 5.69 Å². The summed E-state index contributed by atoms with van der Waals surface area (Å²) in [6.07, 6.45) is 0. The maximum Gasteiger partial charge on any atom is 0.344 e. The summed E-state index contributed by atoms with van der Waals surface area (Å²) >= 11 is 0. The maximum absolute atomic E-state index is 11.7. The van der Waals surface area contributed by atoms with Gasteiger partial charge in [-0.3, -0.25) is 20.2 Å². The molecule has 0 fully saturated rings. The number of hydrogen-bond acceptors (Lipinski definition) is 7. The van der Waals surface area contributed by atoms with E-state index in [2.05, 4.69) is 0 Å². The lowest BCUT2D eigenvalue weighted by Gasteiger charge is -2.07. The molecule has 0 bridgehead atoms. The molecule has 0 radical (unpaired) electrons. The summed E-state index contributed by atoms with van der Waals surface area (Å²) in [6.45, 7) is -0.846. The van der Waals surface area contributed by atoms with Crippen LogP contribution in [0, 0.1) is 20.2 Å². The summed E-state index contributed by atoms with van der Waals surface area (Å²) in [5.74, 6) is -0.864. The van der Waals surface area contributed by atoms with Crippen molar-refractivity contribution in [3.8, 4) is 5.75 Å². The van der Waals surface area contributed by atoms with Crippen molar-refractivity contribution >= 4 is 17.3 Å². The Bertz CT molecular complexity index is 712. The first-order valence-electron chi connectivity index (χ1n) is 6.73. The number of nitro benzene ring substituents is 2. The van der Waals surface area contributed by atoms with Crippen molar-refractivity contribution < 1.29 is 24.1 Å².